The number of aryl methyl sites for hydroxylation is 7. The largest absolute Gasteiger partial charge is 0.465 e. The highest BCUT2D eigenvalue weighted by Gasteiger charge is 2.42. The fraction of sp³-hybridized carbons (Fsp3) is 0.425. The van der Waals surface area contributed by atoms with Gasteiger partial charge in [-0.1, -0.05) is 170 Å². The van der Waals surface area contributed by atoms with E-state index >= 15 is 0 Å². The van der Waals surface area contributed by atoms with Crippen LogP contribution in [0.5, 0.6) is 5.75 Å². The number of carbonyl (C=O) groups is 11. The first-order valence-electron chi connectivity index (χ1n) is 46.8. The number of hydrogen-bond acceptors (Lipinski definition) is 16. The van der Waals surface area contributed by atoms with Gasteiger partial charge in [-0.3, -0.25) is 47.9 Å². The van der Waals surface area contributed by atoms with E-state index in [0.717, 1.165) is 63.8 Å². The Bertz CT molecular complexity index is 5150. The zero-order valence-electron chi connectivity index (χ0n) is 83.8. The van der Waals surface area contributed by atoms with Crippen molar-refractivity contribution in [2.75, 3.05) is 70.5 Å². The summed E-state index contributed by atoms with van der Waals surface area (Å²) in [4.78, 5) is 138. The van der Waals surface area contributed by atoms with Crippen LogP contribution in [0.4, 0.5) is 0 Å². The molecule has 0 aromatic heterocycles. The molecule has 0 unspecified atom stereocenters. The number of carbonyl (C=O) groups excluding carboxylic acids is 11. The molecule has 22 nitrogen and oxygen atoms in total. The lowest BCUT2D eigenvalue weighted by Crippen LogP contribution is -2.53. The van der Waals surface area contributed by atoms with Gasteiger partial charge < -0.3 is 53.1 Å². The lowest BCUT2D eigenvalue weighted by molar-refractivity contribution is -0.167. The van der Waals surface area contributed by atoms with Gasteiger partial charge in [-0.25, -0.2) is 4.79 Å². The van der Waals surface area contributed by atoms with Crippen LogP contribution < -0.4 is 4.74 Å². The van der Waals surface area contributed by atoms with Crippen LogP contribution in [0.2, 0.25) is 0 Å². The second-order valence-corrected chi connectivity index (χ2v) is 37.2. The molecule has 9 aromatic carbocycles. The van der Waals surface area contributed by atoms with Crippen LogP contribution in [0, 0.1) is 66.2 Å². The SMILES string of the molecule is CC(=O)N(C)C1CC(N(C)C(C)=O)CC(N(C)C(C)=O)C1.CC(=O)OC1CC(OC(C)=O)CC(OC(C)=O)C1.CC(=O)Oc1cc(-c2ccccc2C)cc(-c2ccccc2C)c1.CN(C)C(=O)C1CC(C(=O)N(C)C)CC(C(=O)N(C)C)C1.COC(=O)c1cc(-c2ccccc2C)cc(-c2ccccc2C)c1.Cc1ccccc1C1CC(c2ccccc2C)CC(c2ccccc2C)C1. The summed E-state index contributed by atoms with van der Waals surface area (Å²) in [5, 5.41) is 0. The molecule has 13 rings (SSSR count). The quantitative estimate of drug-likeness (QED) is 0.0440. The molecule has 0 spiro atoms. The second kappa shape index (κ2) is 51.0. The number of nitrogens with zero attached hydrogens (tertiary/aromatic N) is 6. The number of rotatable bonds is 18. The molecule has 0 bridgehead atoms. The smallest absolute Gasteiger partial charge is 0.337 e. The number of methoxy groups -OCH3 is 1. The summed E-state index contributed by atoms with van der Waals surface area (Å²) >= 11 is 0. The Labute approximate surface area is 800 Å². The molecule has 4 fully saturated rings. The molecular formula is C113H142N6O16. The molecule has 22 heteroatoms. The maximum Gasteiger partial charge on any atom is 0.337 e. The highest BCUT2D eigenvalue weighted by Crippen LogP contribution is 2.50. The Kier molecular flexibility index (Phi) is 40.6. The number of benzene rings is 9. The molecule has 0 aliphatic heterocycles. The van der Waals surface area contributed by atoms with E-state index in [9.17, 15) is 52.7 Å². The average molecular weight is 1840 g/mol. The van der Waals surface area contributed by atoms with E-state index in [0.29, 0.717) is 67.6 Å². The van der Waals surface area contributed by atoms with Gasteiger partial charge in [-0.15, -0.1) is 0 Å². The van der Waals surface area contributed by atoms with Crippen molar-refractivity contribution in [1.29, 1.82) is 0 Å². The molecule has 4 aliphatic rings. The Morgan fingerprint density at radius 1 is 0.274 bits per heavy atom. The summed E-state index contributed by atoms with van der Waals surface area (Å²) in [6.07, 6.45) is 7.83. The zero-order valence-corrected chi connectivity index (χ0v) is 83.8. The van der Waals surface area contributed by atoms with E-state index in [1.54, 1.807) is 130 Å². The van der Waals surface area contributed by atoms with Crippen molar-refractivity contribution >= 4 is 65.3 Å². The molecule has 6 amide bonds. The van der Waals surface area contributed by atoms with Crippen molar-refractivity contribution in [3.63, 3.8) is 0 Å². The summed E-state index contributed by atoms with van der Waals surface area (Å²) in [6.45, 7) is 25.1. The molecule has 0 heterocycles. The number of ether oxygens (including phenoxy) is 5. The van der Waals surface area contributed by atoms with E-state index in [1.807, 2.05) is 72.8 Å². The van der Waals surface area contributed by atoms with Crippen molar-refractivity contribution in [1.82, 2.24) is 29.4 Å². The van der Waals surface area contributed by atoms with Crippen molar-refractivity contribution in [2.24, 2.45) is 17.8 Å². The van der Waals surface area contributed by atoms with Crippen LogP contribution in [-0.2, 0) is 66.9 Å². The third kappa shape index (κ3) is 31.4. The fourth-order valence-electron chi connectivity index (χ4n) is 19.2. The predicted molar refractivity (Wildman–Crippen MR) is 533 cm³/mol. The summed E-state index contributed by atoms with van der Waals surface area (Å²) in [7, 11) is 17.0. The summed E-state index contributed by atoms with van der Waals surface area (Å²) < 4.78 is 25.6. The van der Waals surface area contributed by atoms with Crippen molar-refractivity contribution in [3.05, 3.63) is 267 Å². The average Bonchev–Trinajstić information content (AvgIpc) is 0.770. The number of amides is 6. The molecule has 0 N–H and O–H groups in total. The van der Waals surface area contributed by atoms with Crippen molar-refractivity contribution in [3.8, 4) is 50.3 Å². The predicted octanol–water partition coefficient (Wildman–Crippen LogP) is 20.4. The zero-order chi connectivity index (χ0) is 99.4. The van der Waals surface area contributed by atoms with Gasteiger partial charge in [0, 0.05) is 167 Å². The molecule has 0 radical (unpaired) electrons. The lowest BCUT2D eigenvalue weighted by atomic mass is 9.67. The minimum absolute atomic E-state index is 0.00260. The topological polar surface area (TPSA) is 253 Å². The first-order valence-corrected chi connectivity index (χ1v) is 46.8. The van der Waals surface area contributed by atoms with Crippen LogP contribution >= 0.6 is 0 Å². The van der Waals surface area contributed by atoms with E-state index in [4.69, 9.17) is 23.7 Å². The van der Waals surface area contributed by atoms with Crippen molar-refractivity contribution in [2.45, 2.75) is 228 Å². The molecule has 4 saturated carbocycles. The Hall–Kier alpha value is -12.9. The van der Waals surface area contributed by atoms with Crippen LogP contribution in [0.3, 0.4) is 0 Å². The van der Waals surface area contributed by atoms with E-state index in [2.05, 4.69) is 182 Å². The minimum Gasteiger partial charge on any atom is -0.465 e. The lowest BCUT2D eigenvalue weighted by Gasteiger charge is -2.44. The Balaban J connectivity index is 0.000000200. The van der Waals surface area contributed by atoms with Gasteiger partial charge in [0.05, 0.1) is 12.7 Å². The normalized spacial score (nSPS) is 19.7. The van der Waals surface area contributed by atoms with Crippen LogP contribution in [0.25, 0.3) is 44.5 Å². The third-order valence-corrected chi connectivity index (χ3v) is 26.4. The molecule has 0 saturated heterocycles. The van der Waals surface area contributed by atoms with Crippen molar-refractivity contribution < 1.29 is 76.4 Å². The molecule has 4 aliphatic carbocycles. The van der Waals surface area contributed by atoms with Gasteiger partial charge in [0.1, 0.15) is 24.1 Å². The first kappa shape index (κ1) is 107. The molecule has 9 aromatic rings. The Morgan fingerprint density at radius 2 is 0.511 bits per heavy atom. The highest BCUT2D eigenvalue weighted by atomic mass is 16.6. The van der Waals surface area contributed by atoms with Gasteiger partial charge in [0.25, 0.3) is 0 Å². The van der Waals surface area contributed by atoms with Crippen LogP contribution in [0.15, 0.2) is 206 Å². The molecular weight excluding hydrogens is 1700 g/mol. The summed E-state index contributed by atoms with van der Waals surface area (Å²) in [5.41, 5.74) is 22.9. The Morgan fingerprint density at radius 3 is 0.726 bits per heavy atom. The van der Waals surface area contributed by atoms with Crippen LogP contribution in [-0.4, -0.2) is 202 Å². The number of hydrogen-bond donors (Lipinski definition) is 0. The number of esters is 5. The van der Waals surface area contributed by atoms with E-state index < -0.39 is 17.9 Å². The minimum atomic E-state index is -0.398. The van der Waals surface area contributed by atoms with Gasteiger partial charge in [0.2, 0.25) is 35.4 Å². The third-order valence-electron chi connectivity index (χ3n) is 26.4. The highest BCUT2D eigenvalue weighted by molar-refractivity contribution is 5.94. The second-order valence-electron chi connectivity index (χ2n) is 37.2. The van der Waals surface area contributed by atoms with E-state index in [-0.39, 0.29) is 102 Å². The van der Waals surface area contributed by atoms with Gasteiger partial charge in [0.15, 0.2) is 0 Å². The van der Waals surface area contributed by atoms with Gasteiger partial charge in [-0.2, -0.15) is 0 Å². The molecule has 720 valence electrons. The summed E-state index contributed by atoms with van der Waals surface area (Å²) in [6, 6.07) is 71.9. The standard InChI is InChI=1S/C27H30.2C22H20O2.2C15H27N3O3.C12H18O6/c1-19-10-4-7-13-25(19)22-16-23(26-14-8-5-11-20(26)2)18-24(17-22)27-15-9-6-12-21(27)3;1-15-8-4-6-10-20(15)17-12-18(14-19(13-17)22(23)24-3)21-11-7-5-9-16(21)2;1-15-8-4-6-10-21(15)18-12-19(14-20(13-18)24-17(3)23)22-11-7-5-9-16(22)2;1-16(2)13(19)10-7-11(14(20)17(3)4)9-12(8-10)15(21)18(5)6;1-10(19)16(4)13-7-14(17(5)11(2)20)9-15(8-13)18(6)12(3)21;1-7(13)16-10-4-11(17-8(2)14)6-12(5-10)18-9(3)15/h4-15,22-24H,16-18H2,1-3H3;2*4-14H,1-3H3;10-12H,7-9H2,1-6H3;13-15H,7-9H2,1-6H3;10-12H,4-6H2,1-3H3. The molecule has 0 atom stereocenters. The van der Waals surface area contributed by atoms with Crippen LogP contribution in [0.1, 0.15) is 209 Å². The van der Waals surface area contributed by atoms with Gasteiger partial charge >= 0.3 is 29.8 Å². The fourth-order valence-corrected chi connectivity index (χ4v) is 19.2. The summed E-state index contributed by atoms with van der Waals surface area (Å²) in [5.74, 6) is -0.0776. The maximum absolute atomic E-state index is 12.3. The van der Waals surface area contributed by atoms with E-state index in [1.165, 1.54) is 93.0 Å². The molecule has 135 heavy (non-hydrogen) atoms. The van der Waals surface area contributed by atoms with Gasteiger partial charge in [-0.05, 0) is 261 Å². The first-order chi connectivity index (χ1) is 63.9. The maximum atomic E-state index is 12.3. The monoisotopic (exact) mass is 1840 g/mol.